The Kier molecular flexibility index (Phi) is 9.99. The molecule has 0 radical (unpaired) electrons. The zero-order valence-electron chi connectivity index (χ0n) is 16.9. The Morgan fingerprint density at radius 3 is 2.38 bits per heavy atom. The summed E-state index contributed by atoms with van der Waals surface area (Å²) in [7, 11) is 2.96. The van der Waals surface area contributed by atoms with Crippen LogP contribution in [-0.2, 0) is 20.7 Å². The first-order chi connectivity index (χ1) is 13.5. The van der Waals surface area contributed by atoms with Crippen LogP contribution in [0.15, 0.2) is 42.5 Å². The molecule has 0 heterocycles. The number of methoxy groups -OCH3 is 2. The maximum Gasteiger partial charge on any atom is 0.333 e. The van der Waals surface area contributed by atoms with Crippen molar-refractivity contribution in [2.45, 2.75) is 19.4 Å². The topological polar surface area (TPSA) is 107 Å². The molecule has 0 saturated heterocycles. The van der Waals surface area contributed by atoms with Gasteiger partial charge in [-0.1, -0.05) is 13.0 Å². The summed E-state index contributed by atoms with van der Waals surface area (Å²) in [6.45, 7) is 2.86. The van der Waals surface area contributed by atoms with Gasteiger partial charge < -0.3 is 25.3 Å². The number of carbonyl (C=O) groups excluding carboxylic acids is 1. The van der Waals surface area contributed by atoms with Crippen LogP contribution in [0.3, 0.4) is 0 Å². The van der Waals surface area contributed by atoms with Gasteiger partial charge in [-0.15, -0.1) is 12.4 Å². The number of benzene rings is 2. The van der Waals surface area contributed by atoms with Crippen LogP contribution < -0.4 is 15.8 Å². The summed E-state index contributed by atoms with van der Waals surface area (Å²) >= 11 is 0. The van der Waals surface area contributed by atoms with Gasteiger partial charge in [-0.25, -0.2) is 4.79 Å². The van der Waals surface area contributed by atoms with Gasteiger partial charge in [0.25, 0.3) is 0 Å². The molecule has 0 aliphatic heterocycles. The number of hydrogen-bond donors (Lipinski definition) is 3. The first kappa shape index (κ1) is 24.3. The molecule has 0 bridgehead atoms. The Hall–Kier alpha value is -2.77. The number of nitrogens with one attached hydrogen (secondary N) is 2. The van der Waals surface area contributed by atoms with E-state index in [4.69, 9.17) is 25.4 Å². The van der Waals surface area contributed by atoms with E-state index in [1.807, 2.05) is 25.1 Å². The number of nitrogens with two attached hydrogens (primary N) is 1. The van der Waals surface area contributed by atoms with Crippen molar-refractivity contribution in [1.82, 2.24) is 0 Å². The van der Waals surface area contributed by atoms with E-state index < -0.39 is 12.0 Å². The fourth-order valence-electron chi connectivity index (χ4n) is 2.70. The maximum absolute atomic E-state index is 12.6. The molecule has 0 aliphatic carbocycles. The minimum Gasteiger partial charge on any atom is -0.491 e. The third kappa shape index (κ3) is 6.66. The molecule has 0 fully saturated rings. The molecular weight excluding hydrogens is 394 g/mol. The highest BCUT2D eigenvalue weighted by atomic mass is 35.5. The monoisotopic (exact) mass is 421 g/mol. The first-order valence-electron chi connectivity index (χ1n) is 9.03. The molecule has 0 aromatic heterocycles. The first-order valence-corrected chi connectivity index (χ1v) is 9.03. The Labute approximate surface area is 177 Å². The molecule has 1 atom stereocenters. The highest BCUT2D eigenvalue weighted by molar-refractivity contribution is 5.95. The number of hydrogen-bond acceptors (Lipinski definition) is 6. The lowest BCUT2D eigenvalue weighted by Crippen LogP contribution is -2.23. The lowest BCUT2D eigenvalue weighted by molar-refractivity contribution is -0.141. The van der Waals surface area contributed by atoms with Crippen LogP contribution in [0.5, 0.6) is 5.75 Å². The van der Waals surface area contributed by atoms with Crippen LogP contribution >= 0.6 is 12.4 Å². The van der Waals surface area contributed by atoms with E-state index in [1.54, 1.807) is 31.4 Å². The van der Waals surface area contributed by atoms with Gasteiger partial charge >= 0.3 is 5.97 Å². The summed E-state index contributed by atoms with van der Waals surface area (Å²) in [6.07, 6.45) is 0.826. The number of nitrogen functional groups attached to an aromatic ring is 1. The molecule has 8 heteroatoms. The fraction of sp³-hybridized carbons (Fsp3) is 0.333. The molecule has 29 heavy (non-hydrogen) atoms. The van der Waals surface area contributed by atoms with Crippen LogP contribution in [0, 0.1) is 5.41 Å². The standard InChI is InChI=1S/C21H27N3O4.ClH/c1-4-14-5-10-18(28-12-11-26-2)17(13-14)19(21(25)27-3)24-16-8-6-15(7-9-16)20(22)23;/h5-10,13,19,24H,4,11-12H2,1-3H3,(H3,22,23);1H. The summed E-state index contributed by atoms with van der Waals surface area (Å²) in [6, 6.07) is 12.0. The van der Waals surface area contributed by atoms with Crippen molar-refractivity contribution in [1.29, 1.82) is 5.41 Å². The van der Waals surface area contributed by atoms with Crippen molar-refractivity contribution in [3.05, 3.63) is 59.2 Å². The zero-order valence-corrected chi connectivity index (χ0v) is 17.7. The highest BCUT2D eigenvalue weighted by Gasteiger charge is 2.25. The van der Waals surface area contributed by atoms with Crippen molar-refractivity contribution in [2.24, 2.45) is 5.73 Å². The third-order valence-electron chi connectivity index (χ3n) is 4.28. The normalized spacial score (nSPS) is 11.1. The summed E-state index contributed by atoms with van der Waals surface area (Å²) in [5.74, 6) is 0.151. The van der Waals surface area contributed by atoms with Gasteiger partial charge in [-0.2, -0.15) is 0 Å². The number of anilines is 1. The number of esters is 1. The number of rotatable bonds is 10. The van der Waals surface area contributed by atoms with Crippen molar-refractivity contribution in [3.63, 3.8) is 0 Å². The second kappa shape index (κ2) is 11.9. The van der Waals surface area contributed by atoms with Crippen LogP contribution in [0.2, 0.25) is 0 Å². The molecule has 0 spiro atoms. The van der Waals surface area contributed by atoms with Crippen molar-refractivity contribution >= 4 is 29.9 Å². The second-order valence-electron chi connectivity index (χ2n) is 6.16. The number of ether oxygens (including phenoxy) is 3. The molecule has 4 N–H and O–H groups in total. The minimum absolute atomic E-state index is 0. The van der Waals surface area contributed by atoms with Gasteiger partial charge in [0.1, 0.15) is 18.2 Å². The quantitative estimate of drug-likeness (QED) is 0.235. The summed E-state index contributed by atoms with van der Waals surface area (Å²) in [5.41, 5.74) is 8.58. The average Bonchev–Trinajstić information content (AvgIpc) is 2.72. The summed E-state index contributed by atoms with van der Waals surface area (Å²) in [5, 5.41) is 10.7. The van der Waals surface area contributed by atoms with Crippen LogP contribution in [-0.4, -0.2) is 39.2 Å². The molecule has 0 saturated carbocycles. The maximum atomic E-state index is 12.6. The Morgan fingerprint density at radius 1 is 1.14 bits per heavy atom. The second-order valence-corrected chi connectivity index (χ2v) is 6.16. The Morgan fingerprint density at radius 2 is 1.83 bits per heavy atom. The van der Waals surface area contributed by atoms with Gasteiger partial charge in [-0.05, 0) is 48.4 Å². The van der Waals surface area contributed by atoms with E-state index in [-0.39, 0.29) is 18.2 Å². The van der Waals surface area contributed by atoms with Crippen LogP contribution in [0.1, 0.15) is 29.7 Å². The van der Waals surface area contributed by atoms with Gasteiger partial charge in [0, 0.05) is 23.9 Å². The zero-order chi connectivity index (χ0) is 20.5. The molecule has 158 valence electrons. The Bertz CT molecular complexity index is 812. The van der Waals surface area contributed by atoms with E-state index in [2.05, 4.69) is 5.32 Å². The number of carbonyl (C=O) groups is 1. The van der Waals surface area contributed by atoms with E-state index in [0.717, 1.165) is 12.0 Å². The van der Waals surface area contributed by atoms with Gasteiger partial charge in [-0.3, -0.25) is 5.41 Å². The predicted octanol–water partition coefficient (Wildman–Crippen LogP) is 3.31. The molecule has 2 aromatic carbocycles. The molecule has 1 unspecified atom stereocenters. The van der Waals surface area contributed by atoms with Gasteiger partial charge in [0.15, 0.2) is 6.04 Å². The van der Waals surface area contributed by atoms with E-state index in [1.165, 1.54) is 7.11 Å². The van der Waals surface area contributed by atoms with E-state index >= 15 is 0 Å². The Balaban J connectivity index is 0.00000420. The van der Waals surface area contributed by atoms with Crippen LogP contribution in [0.25, 0.3) is 0 Å². The summed E-state index contributed by atoms with van der Waals surface area (Å²) in [4.78, 5) is 12.6. The lowest BCUT2D eigenvalue weighted by atomic mass is 10.0. The van der Waals surface area contributed by atoms with Crippen molar-refractivity contribution < 1.29 is 19.0 Å². The molecule has 0 aliphatic rings. The van der Waals surface area contributed by atoms with Crippen molar-refractivity contribution in [2.75, 3.05) is 32.8 Å². The largest absolute Gasteiger partial charge is 0.491 e. The third-order valence-corrected chi connectivity index (χ3v) is 4.28. The molecule has 2 aromatic rings. The molecule has 2 rings (SSSR count). The minimum atomic E-state index is -0.753. The van der Waals surface area contributed by atoms with E-state index in [9.17, 15) is 4.79 Å². The van der Waals surface area contributed by atoms with Crippen LogP contribution in [0.4, 0.5) is 5.69 Å². The van der Waals surface area contributed by atoms with Gasteiger partial charge in [0.05, 0.1) is 13.7 Å². The highest BCUT2D eigenvalue weighted by Crippen LogP contribution is 2.31. The smallest absolute Gasteiger partial charge is 0.333 e. The predicted molar refractivity (Wildman–Crippen MR) is 116 cm³/mol. The number of halogens is 1. The molecular formula is C21H28ClN3O4. The number of amidine groups is 1. The van der Waals surface area contributed by atoms with Crippen molar-refractivity contribution in [3.8, 4) is 5.75 Å². The van der Waals surface area contributed by atoms with E-state index in [0.29, 0.717) is 35.8 Å². The lowest BCUT2D eigenvalue weighted by Gasteiger charge is -2.22. The number of aryl methyl sites for hydroxylation is 1. The molecule has 0 amide bonds. The summed E-state index contributed by atoms with van der Waals surface area (Å²) < 4.78 is 15.9. The van der Waals surface area contributed by atoms with Gasteiger partial charge in [0.2, 0.25) is 0 Å². The average molecular weight is 422 g/mol. The SMILES string of the molecule is CCc1ccc(OCCOC)c(C(Nc2ccc(C(=N)N)cc2)C(=O)OC)c1.Cl. The molecule has 7 nitrogen and oxygen atoms in total. The fourth-order valence-corrected chi connectivity index (χ4v) is 2.70.